The van der Waals surface area contributed by atoms with Gasteiger partial charge in [0.05, 0.1) is 10.8 Å². The number of nitrogens with one attached hydrogen (secondary N) is 2. The van der Waals surface area contributed by atoms with Crippen LogP contribution in [0.4, 0.5) is 10.3 Å². The van der Waals surface area contributed by atoms with Gasteiger partial charge in [-0.1, -0.05) is 76.3 Å². The molecule has 164 valence electrons. The SMILES string of the molecule is CCSc1nnc(NC(=O)CSc2nnc(NC(=O)COc3ccc(Cl)cc3Cl)s2)s1. The summed E-state index contributed by atoms with van der Waals surface area (Å²) in [5.74, 6) is 0.694. The molecule has 15 heteroatoms. The molecule has 0 unspecified atom stereocenters. The summed E-state index contributed by atoms with van der Waals surface area (Å²) in [6, 6.07) is 4.71. The third kappa shape index (κ3) is 7.77. The van der Waals surface area contributed by atoms with E-state index >= 15 is 0 Å². The van der Waals surface area contributed by atoms with Gasteiger partial charge in [0.15, 0.2) is 15.3 Å². The summed E-state index contributed by atoms with van der Waals surface area (Å²) in [4.78, 5) is 24.1. The van der Waals surface area contributed by atoms with Crippen LogP contribution in [0.2, 0.25) is 10.0 Å². The van der Waals surface area contributed by atoms with Crippen molar-refractivity contribution in [2.24, 2.45) is 0 Å². The molecule has 0 spiro atoms. The number of halogens is 2. The van der Waals surface area contributed by atoms with Crippen molar-refractivity contribution in [2.45, 2.75) is 15.6 Å². The van der Waals surface area contributed by atoms with Gasteiger partial charge in [0.2, 0.25) is 16.2 Å². The van der Waals surface area contributed by atoms with E-state index in [0.717, 1.165) is 21.4 Å². The lowest BCUT2D eigenvalue weighted by Gasteiger charge is -2.07. The van der Waals surface area contributed by atoms with Crippen molar-refractivity contribution in [2.75, 3.05) is 28.7 Å². The fraction of sp³-hybridized carbons (Fsp3) is 0.250. The molecule has 0 radical (unpaired) electrons. The highest BCUT2D eigenvalue weighted by atomic mass is 35.5. The van der Waals surface area contributed by atoms with Crippen molar-refractivity contribution < 1.29 is 14.3 Å². The van der Waals surface area contributed by atoms with Gasteiger partial charge < -0.3 is 4.74 Å². The predicted octanol–water partition coefficient (Wildman–Crippen LogP) is 4.56. The van der Waals surface area contributed by atoms with Crippen LogP contribution in [0.3, 0.4) is 0 Å². The molecule has 0 aliphatic carbocycles. The largest absolute Gasteiger partial charge is 0.482 e. The standard InChI is InChI=1S/C16H14Cl2N6O3S4/c1-2-28-15-23-22-14(30-15)20-12(26)7-29-16-24-21-13(31-16)19-11(25)6-27-10-4-3-8(17)5-9(10)18/h3-5H,2,6-7H2,1H3,(H,19,21,25)(H,20,22,26). The third-order valence-electron chi connectivity index (χ3n) is 3.15. The molecule has 31 heavy (non-hydrogen) atoms. The number of hydrogen-bond donors (Lipinski definition) is 2. The zero-order chi connectivity index (χ0) is 22.2. The Labute approximate surface area is 203 Å². The Balaban J connectivity index is 1.41. The van der Waals surface area contributed by atoms with Gasteiger partial charge in [0.1, 0.15) is 5.75 Å². The number of carbonyl (C=O) groups excluding carboxylic acids is 2. The van der Waals surface area contributed by atoms with Gasteiger partial charge in [0, 0.05) is 5.02 Å². The lowest BCUT2D eigenvalue weighted by molar-refractivity contribution is -0.118. The second-order valence-corrected chi connectivity index (χ2v) is 11.0. The predicted molar refractivity (Wildman–Crippen MR) is 126 cm³/mol. The van der Waals surface area contributed by atoms with Crippen LogP contribution in [0, 0.1) is 0 Å². The number of hydrogen-bond acceptors (Lipinski definition) is 11. The summed E-state index contributed by atoms with van der Waals surface area (Å²) < 4.78 is 6.71. The summed E-state index contributed by atoms with van der Waals surface area (Å²) in [6.07, 6.45) is 0. The highest BCUT2D eigenvalue weighted by Crippen LogP contribution is 2.29. The van der Waals surface area contributed by atoms with Crippen LogP contribution >= 0.6 is 69.4 Å². The van der Waals surface area contributed by atoms with E-state index < -0.39 is 5.91 Å². The van der Waals surface area contributed by atoms with Crippen molar-refractivity contribution >= 4 is 91.5 Å². The molecule has 2 amide bonds. The number of carbonyl (C=O) groups is 2. The minimum absolute atomic E-state index is 0.122. The fourth-order valence-corrected chi connectivity index (χ4v) is 5.63. The molecule has 3 aromatic rings. The first kappa shape index (κ1) is 24.0. The zero-order valence-electron chi connectivity index (χ0n) is 15.8. The van der Waals surface area contributed by atoms with E-state index in [1.54, 1.807) is 23.9 Å². The van der Waals surface area contributed by atoms with Crippen molar-refractivity contribution in [1.82, 2.24) is 20.4 Å². The molecule has 0 fully saturated rings. The molecule has 0 aliphatic rings. The third-order valence-corrected chi connectivity index (χ3v) is 7.51. The van der Waals surface area contributed by atoms with Crippen LogP contribution in [-0.2, 0) is 9.59 Å². The lowest BCUT2D eigenvalue weighted by Crippen LogP contribution is -2.20. The van der Waals surface area contributed by atoms with Gasteiger partial charge in [-0.2, -0.15) is 0 Å². The van der Waals surface area contributed by atoms with Gasteiger partial charge in [-0.3, -0.25) is 20.2 Å². The Bertz CT molecular complexity index is 1060. The van der Waals surface area contributed by atoms with Crippen molar-refractivity contribution in [3.8, 4) is 5.75 Å². The zero-order valence-corrected chi connectivity index (χ0v) is 20.5. The molecule has 2 N–H and O–H groups in total. The minimum Gasteiger partial charge on any atom is -0.482 e. The molecule has 0 aliphatic heterocycles. The Morgan fingerprint density at radius 3 is 2.29 bits per heavy atom. The van der Waals surface area contributed by atoms with Crippen molar-refractivity contribution in [3.63, 3.8) is 0 Å². The van der Waals surface area contributed by atoms with E-state index in [0.29, 0.717) is 30.4 Å². The smallest absolute Gasteiger partial charge is 0.264 e. The van der Waals surface area contributed by atoms with E-state index in [1.165, 1.54) is 29.2 Å². The van der Waals surface area contributed by atoms with Gasteiger partial charge in [-0.25, -0.2) is 0 Å². The van der Waals surface area contributed by atoms with E-state index in [-0.39, 0.29) is 18.3 Å². The molecular weight excluding hydrogens is 523 g/mol. The maximum Gasteiger partial charge on any atom is 0.264 e. The summed E-state index contributed by atoms with van der Waals surface area (Å²) in [5.41, 5.74) is 0. The van der Waals surface area contributed by atoms with Crippen LogP contribution in [0.25, 0.3) is 0 Å². The second-order valence-electron chi connectivity index (χ2n) is 5.43. The Morgan fingerprint density at radius 1 is 1.00 bits per heavy atom. The molecule has 2 heterocycles. The van der Waals surface area contributed by atoms with E-state index in [2.05, 4.69) is 31.0 Å². The average molecular weight is 538 g/mol. The maximum atomic E-state index is 12.1. The Hall–Kier alpha value is -1.64. The number of nitrogens with zero attached hydrogens (tertiary/aromatic N) is 4. The average Bonchev–Trinajstić information content (AvgIpc) is 3.35. The molecule has 1 aromatic carbocycles. The van der Waals surface area contributed by atoms with E-state index in [1.807, 2.05) is 6.92 Å². The molecule has 0 bridgehead atoms. The van der Waals surface area contributed by atoms with Crippen LogP contribution in [0.1, 0.15) is 6.92 Å². The van der Waals surface area contributed by atoms with Crippen LogP contribution in [0.15, 0.2) is 26.9 Å². The molecule has 2 aromatic heterocycles. The van der Waals surface area contributed by atoms with Crippen molar-refractivity contribution in [3.05, 3.63) is 28.2 Å². The van der Waals surface area contributed by atoms with Gasteiger partial charge in [-0.15, -0.1) is 20.4 Å². The molecule has 0 atom stereocenters. The number of benzene rings is 1. The van der Waals surface area contributed by atoms with Crippen LogP contribution < -0.4 is 15.4 Å². The van der Waals surface area contributed by atoms with Gasteiger partial charge in [-0.05, 0) is 24.0 Å². The number of thioether (sulfide) groups is 2. The second kappa shape index (κ2) is 11.8. The first-order valence-electron chi connectivity index (χ1n) is 8.53. The maximum absolute atomic E-state index is 12.1. The number of ether oxygens (including phenoxy) is 1. The normalized spacial score (nSPS) is 10.7. The van der Waals surface area contributed by atoms with Crippen LogP contribution in [0.5, 0.6) is 5.75 Å². The minimum atomic E-state index is -0.423. The Morgan fingerprint density at radius 2 is 1.65 bits per heavy atom. The summed E-state index contributed by atoms with van der Waals surface area (Å²) in [7, 11) is 0. The summed E-state index contributed by atoms with van der Waals surface area (Å²) >= 11 is 17.0. The number of rotatable bonds is 10. The number of amides is 2. The highest BCUT2D eigenvalue weighted by Gasteiger charge is 2.13. The lowest BCUT2D eigenvalue weighted by atomic mass is 10.3. The first-order chi connectivity index (χ1) is 14.9. The van der Waals surface area contributed by atoms with E-state index in [4.69, 9.17) is 27.9 Å². The molecule has 0 saturated carbocycles. The summed E-state index contributed by atoms with van der Waals surface area (Å²) in [5, 5.41) is 22.5. The summed E-state index contributed by atoms with van der Waals surface area (Å²) in [6.45, 7) is 1.76. The van der Waals surface area contributed by atoms with Gasteiger partial charge >= 0.3 is 0 Å². The van der Waals surface area contributed by atoms with Crippen LogP contribution in [-0.4, -0.2) is 50.3 Å². The monoisotopic (exact) mass is 536 g/mol. The highest BCUT2D eigenvalue weighted by molar-refractivity contribution is 8.01. The molecular formula is C16H14Cl2N6O3S4. The van der Waals surface area contributed by atoms with E-state index in [9.17, 15) is 9.59 Å². The molecule has 0 saturated heterocycles. The number of anilines is 2. The first-order valence-corrected chi connectivity index (χ1v) is 12.9. The molecule has 3 rings (SSSR count). The Kier molecular flexibility index (Phi) is 9.16. The topological polar surface area (TPSA) is 119 Å². The number of aromatic nitrogens is 4. The van der Waals surface area contributed by atoms with Gasteiger partial charge in [0.25, 0.3) is 5.91 Å². The fourth-order valence-electron chi connectivity index (χ4n) is 1.93. The van der Waals surface area contributed by atoms with Crippen molar-refractivity contribution in [1.29, 1.82) is 0 Å². The quantitative estimate of drug-likeness (QED) is 0.283. The molecule has 9 nitrogen and oxygen atoms in total.